The zero-order valence-corrected chi connectivity index (χ0v) is 17.6. The van der Waals surface area contributed by atoms with Crippen molar-refractivity contribution >= 4 is 11.8 Å². The maximum atomic E-state index is 12.7. The number of nitro groups is 1. The first kappa shape index (κ1) is 22.3. The first-order valence-electron chi connectivity index (χ1n) is 9.54. The lowest BCUT2D eigenvalue weighted by atomic mass is 10.1. The lowest BCUT2D eigenvalue weighted by Crippen LogP contribution is -2.36. The molecule has 2 aromatic rings. The summed E-state index contributed by atoms with van der Waals surface area (Å²) in [6.45, 7) is 10.3. The van der Waals surface area contributed by atoms with Crippen molar-refractivity contribution in [2.45, 2.75) is 53.3 Å². The van der Waals surface area contributed by atoms with Crippen LogP contribution in [-0.2, 0) is 17.8 Å². The summed E-state index contributed by atoms with van der Waals surface area (Å²) in [5.74, 6) is 0.693. The molecule has 8 heteroatoms. The van der Waals surface area contributed by atoms with E-state index in [4.69, 9.17) is 9.47 Å². The van der Waals surface area contributed by atoms with Crippen molar-refractivity contribution in [3.8, 4) is 5.75 Å². The Labute approximate surface area is 171 Å². The molecule has 1 aromatic heterocycles. The average molecular weight is 403 g/mol. The predicted molar refractivity (Wildman–Crippen MR) is 110 cm³/mol. The van der Waals surface area contributed by atoms with Gasteiger partial charge in [-0.2, -0.15) is 0 Å². The number of nitro benzene ring substituents is 1. The number of ether oxygens (including phenoxy) is 2. The summed E-state index contributed by atoms with van der Waals surface area (Å²) in [7, 11) is 0. The first-order chi connectivity index (χ1) is 13.5. The highest BCUT2D eigenvalue weighted by Crippen LogP contribution is 2.25. The lowest BCUT2D eigenvalue weighted by Gasteiger charge is -2.27. The molecule has 0 spiro atoms. The molecule has 0 aliphatic rings. The molecule has 1 amide bonds. The number of amides is 1. The van der Waals surface area contributed by atoms with Crippen molar-refractivity contribution in [1.29, 1.82) is 0 Å². The molecule has 0 saturated heterocycles. The van der Waals surface area contributed by atoms with Gasteiger partial charge in [-0.05, 0) is 49.9 Å². The van der Waals surface area contributed by atoms with Gasteiger partial charge in [0, 0.05) is 25.0 Å². The molecule has 1 N–H and O–H groups in total. The lowest BCUT2D eigenvalue weighted by molar-refractivity contribution is -0.385. The minimum absolute atomic E-state index is 0.0768. The predicted octanol–water partition coefficient (Wildman–Crippen LogP) is 4.90. The molecule has 0 radical (unpaired) electrons. The van der Waals surface area contributed by atoms with Gasteiger partial charge in [-0.1, -0.05) is 13.8 Å². The Balaban J connectivity index is 2.29. The van der Waals surface area contributed by atoms with Crippen LogP contribution in [0.5, 0.6) is 5.75 Å². The molecule has 0 aliphatic carbocycles. The van der Waals surface area contributed by atoms with E-state index in [9.17, 15) is 14.9 Å². The number of carbonyl (C=O) groups excluding carboxylic acids is 1. The molecule has 29 heavy (non-hydrogen) atoms. The van der Waals surface area contributed by atoms with Gasteiger partial charge in [0.2, 0.25) is 0 Å². The average Bonchev–Trinajstić information content (AvgIpc) is 3.11. The fourth-order valence-corrected chi connectivity index (χ4v) is 2.60. The third-order valence-electron chi connectivity index (χ3n) is 3.81. The number of nitrogens with one attached hydrogen (secondary N) is 1. The van der Waals surface area contributed by atoms with Crippen LogP contribution in [0.4, 0.5) is 10.5 Å². The number of non-ortho nitro benzene ring substituents is 1. The normalized spacial score (nSPS) is 11.4. The number of aromatic amines is 1. The van der Waals surface area contributed by atoms with E-state index in [0.717, 1.165) is 5.56 Å². The molecular formula is C21H29N3O5. The molecule has 1 aromatic carbocycles. The summed E-state index contributed by atoms with van der Waals surface area (Å²) in [4.78, 5) is 28.1. The second kappa shape index (κ2) is 9.45. The highest BCUT2D eigenvalue weighted by atomic mass is 16.6. The van der Waals surface area contributed by atoms with Crippen LogP contribution < -0.4 is 4.74 Å². The number of hydrogen-bond donors (Lipinski definition) is 1. The standard InChI is InChI=1S/C21H29N3O5/c1-15(2)14-28-19-9-17(8-18(10-19)24(26)27)13-23(12-16-6-7-22-11-16)20(25)29-21(3,4)5/h6-11,15,22H,12-14H2,1-5H3. The molecule has 8 nitrogen and oxygen atoms in total. The smallest absolute Gasteiger partial charge is 0.410 e. The molecule has 0 fully saturated rings. The van der Waals surface area contributed by atoms with Crippen molar-refractivity contribution < 1.29 is 19.2 Å². The van der Waals surface area contributed by atoms with Crippen molar-refractivity contribution in [3.05, 3.63) is 57.9 Å². The number of benzene rings is 1. The third-order valence-corrected chi connectivity index (χ3v) is 3.81. The van der Waals surface area contributed by atoms with E-state index in [1.54, 1.807) is 39.2 Å². The fourth-order valence-electron chi connectivity index (χ4n) is 2.60. The van der Waals surface area contributed by atoms with Crippen LogP contribution in [0.3, 0.4) is 0 Å². The summed E-state index contributed by atoms with van der Waals surface area (Å²) < 4.78 is 11.2. The second-order valence-corrected chi connectivity index (χ2v) is 8.35. The minimum Gasteiger partial charge on any atom is -0.493 e. The molecule has 0 atom stereocenters. The summed E-state index contributed by atoms with van der Waals surface area (Å²) >= 11 is 0. The Kier molecular flexibility index (Phi) is 7.25. The van der Waals surface area contributed by atoms with Crippen LogP contribution in [0, 0.1) is 16.0 Å². The van der Waals surface area contributed by atoms with Gasteiger partial charge in [-0.15, -0.1) is 0 Å². The molecule has 158 valence electrons. The summed E-state index contributed by atoms with van der Waals surface area (Å²) in [5, 5.41) is 11.3. The van der Waals surface area contributed by atoms with E-state index in [0.29, 0.717) is 24.5 Å². The van der Waals surface area contributed by atoms with Gasteiger partial charge >= 0.3 is 6.09 Å². The van der Waals surface area contributed by atoms with Crippen molar-refractivity contribution in [1.82, 2.24) is 9.88 Å². The first-order valence-corrected chi connectivity index (χ1v) is 9.54. The van der Waals surface area contributed by atoms with Crippen molar-refractivity contribution in [2.75, 3.05) is 6.61 Å². The maximum absolute atomic E-state index is 12.7. The van der Waals surface area contributed by atoms with Crippen LogP contribution in [0.2, 0.25) is 0 Å². The molecular weight excluding hydrogens is 374 g/mol. The highest BCUT2D eigenvalue weighted by molar-refractivity contribution is 5.68. The van der Waals surface area contributed by atoms with E-state index in [2.05, 4.69) is 4.98 Å². The fraction of sp³-hybridized carbons (Fsp3) is 0.476. The molecule has 1 heterocycles. The number of H-pyrrole nitrogens is 1. The largest absolute Gasteiger partial charge is 0.493 e. The topological polar surface area (TPSA) is 97.7 Å². The Bertz CT molecular complexity index is 825. The zero-order chi connectivity index (χ0) is 21.6. The SMILES string of the molecule is CC(C)COc1cc(CN(Cc2cc[nH]c2)C(=O)OC(C)(C)C)cc([N+](=O)[O-])c1. The summed E-state index contributed by atoms with van der Waals surface area (Å²) in [6, 6.07) is 6.44. The van der Waals surface area contributed by atoms with E-state index >= 15 is 0 Å². The number of hydrogen-bond acceptors (Lipinski definition) is 5. The van der Waals surface area contributed by atoms with Gasteiger partial charge in [-0.25, -0.2) is 4.79 Å². The van der Waals surface area contributed by atoms with Crippen molar-refractivity contribution in [2.24, 2.45) is 5.92 Å². The van der Waals surface area contributed by atoms with Gasteiger partial charge in [0.1, 0.15) is 11.4 Å². The molecule has 2 rings (SSSR count). The monoisotopic (exact) mass is 403 g/mol. The Morgan fingerprint density at radius 1 is 1.21 bits per heavy atom. The summed E-state index contributed by atoms with van der Waals surface area (Å²) in [6.07, 6.45) is 3.07. The maximum Gasteiger partial charge on any atom is 0.410 e. The van der Waals surface area contributed by atoms with E-state index in [1.807, 2.05) is 19.9 Å². The van der Waals surface area contributed by atoms with Crippen LogP contribution in [0.15, 0.2) is 36.7 Å². The number of nitrogens with zero attached hydrogens (tertiary/aromatic N) is 2. The number of aromatic nitrogens is 1. The van der Waals surface area contributed by atoms with Gasteiger partial charge in [0.05, 0.1) is 24.1 Å². The zero-order valence-electron chi connectivity index (χ0n) is 17.6. The Hall–Kier alpha value is -3.03. The van der Waals surface area contributed by atoms with E-state index in [-0.39, 0.29) is 18.2 Å². The second-order valence-electron chi connectivity index (χ2n) is 8.35. The van der Waals surface area contributed by atoms with Crippen LogP contribution >= 0.6 is 0 Å². The van der Waals surface area contributed by atoms with Crippen LogP contribution in [0.1, 0.15) is 45.7 Å². The van der Waals surface area contributed by atoms with Gasteiger partial charge in [0.25, 0.3) is 5.69 Å². The Morgan fingerprint density at radius 3 is 2.45 bits per heavy atom. The molecule has 0 bridgehead atoms. The number of carbonyl (C=O) groups is 1. The highest BCUT2D eigenvalue weighted by Gasteiger charge is 2.24. The van der Waals surface area contributed by atoms with Crippen LogP contribution in [-0.4, -0.2) is 33.1 Å². The van der Waals surface area contributed by atoms with E-state index < -0.39 is 16.6 Å². The van der Waals surface area contributed by atoms with Gasteiger partial charge in [0.15, 0.2) is 0 Å². The Morgan fingerprint density at radius 2 is 1.90 bits per heavy atom. The number of rotatable bonds is 8. The quantitative estimate of drug-likeness (QED) is 0.500. The summed E-state index contributed by atoms with van der Waals surface area (Å²) in [5.41, 5.74) is 0.769. The molecule has 0 aliphatic heterocycles. The van der Waals surface area contributed by atoms with Gasteiger partial charge in [-0.3, -0.25) is 15.0 Å². The molecule has 0 saturated carbocycles. The van der Waals surface area contributed by atoms with Crippen molar-refractivity contribution in [3.63, 3.8) is 0 Å². The third kappa shape index (κ3) is 7.48. The minimum atomic E-state index is -0.651. The van der Waals surface area contributed by atoms with Gasteiger partial charge < -0.3 is 14.5 Å². The molecule has 0 unspecified atom stereocenters. The van der Waals surface area contributed by atoms with E-state index in [1.165, 1.54) is 17.0 Å². The van der Waals surface area contributed by atoms with Crippen LogP contribution in [0.25, 0.3) is 0 Å².